The van der Waals surface area contributed by atoms with Gasteiger partial charge in [-0.05, 0) is 12.1 Å². The van der Waals surface area contributed by atoms with Crippen LogP contribution in [0.1, 0.15) is 11.1 Å². The Balaban J connectivity index is 0. The normalized spacial score (nSPS) is 7.00. The third-order valence-corrected chi connectivity index (χ3v) is 1.66. The van der Waals surface area contributed by atoms with Crippen LogP contribution in [-0.2, 0) is 20.4 Å². The summed E-state index contributed by atoms with van der Waals surface area (Å²) >= 11 is 0. The van der Waals surface area contributed by atoms with Crippen LogP contribution in [0.3, 0.4) is 0 Å². The van der Waals surface area contributed by atoms with E-state index >= 15 is 0 Å². The van der Waals surface area contributed by atoms with Gasteiger partial charge in [0.05, 0.1) is 0 Å². The minimum atomic E-state index is 0. The molecule has 2 nitrogen and oxygen atoms in total. The molecule has 0 aliphatic heterocycles. The summed E-state index contributed by atoms with van der Waals surface area (Å²) in [6.45, 7) is 0. The molecule has 0 unspecified atom stereocenters. The van der Waals surface area contributed by atoms with E-state index in [1.54, 1.807) is 24.3 Å². The Hall–Kier alpha value is -1.63. The predicted octanol–water partition coefficient (Wildman–Crippen LogP) is 3.14. The van der Waals surface area contributed by atoms with Gasteiger partial charge in [0.2, 0.25) is 0 Å². The third-order valence-electron chi connectivity index (χ3n) is 1.66. The maximum atomic E-state index is 8.26. The van der Waals surface area contributed by atoms with Crippen LogP contribution in [0.15, 0.2) is 48.5 Å². The molecule has 0 saturated heterocycles. The van der Waals surface area contributed by atoms with Gasteiger partial charge in [0.25, 0.3) is 0 Å². The fourth-order valence-electron chi connectivity index (χ4n) is 0.926. The van der Waals surface area contributed by atoms with Gasteiger partial charge in [0, 0.05) is 0 Å². The van der Waals surface area contributed by atoms with Gasteiger partial charge in [-0.1, -0.05) is 11.1 Å². The van der Waals surface area contributed by atoms with Crippen molar-refractivity contribution in [2.24, 2.45) is 0 Å². The second-order valence-electron chi connectivity index (χ2n) is 2.78. The molecule has 0 aliphatic carbocycles. The molecule has 0 N–H and O–H groups in total. The monoisotopic (exact) mass is 346 g/mol. The second-order valence-corrected chi connectivity index (χ2v) is 2.78. The van der Waals surface area contributed by atoms with Gasteiger partial charge in [-0.3, -0.25) is 10.5 Å². The first kappa shape index (κ1) is 18.7. The fraction of sp³-hybridized carbons (Fsp3) is 0. The standard InChI is InChI=1S/2C7H4N.ClH.Pd/c2*8-6-7-4-2-1-3-5-7;;/h2*1-4H;1H;/q2*-1;;+2. The Kier molecular flexibility index (Phi) is 12.3. The Morgan fingerprint density at radius 1 is 0.778 bits per heavy atom. The number of hydrogen-bond acceptors (Lipinski definition) is 2. The Morgan fingerprint density at radius 3 is 1.33 bits per heavy atom. The molecule has 92 valence electrons. The van der Waals surface area contributed by atoms with E-state index in [1.807, 2.05) is 36.4 Å². The third kappa shape index (κ3) is 7.61. The minimum Gasteiger partial charge on any atom is -0.262 e. The molecule has 0 bridgehead atoms. The zero-order valence-corrected chi connectivity index (χ0v) is 11.6. The van der Waals surface area contributed by atoms with Crippen LogP contribution in [0.2, 0.25) is 0 Å². The maximum absolute atomic E-state index is 8.26. The van der Waals surface area contributed by atoms with Gasteiger partial charge in [-0.15, -0.1) is 73.1 Å². The first-order chi connectivity index (χ1) is 7.86. The number of halogens is 1. The molecule has 0 fully saturated rings. The predicted molar refractivity (Wildman–Crippen MR) is 67.2 cm³/mol. The fourth-order valence-corrected chi connectivity index (χ4v) is 0.926. The van der Waals surface area contributed by atoms with Gasteiger partial charge < -0.3 is 0 Å². The number of benzene rings is 2. The van der Waals surface area contributed by atoms with Gasteiger partial charge in [0.15, 0.2) is 0 Å². The summed E-state index contributed by atoms with van der Waals surface area (Å²) in [7, 11) is 0. The summed E-state index contributed by atoms with van der Waals surface area (Å²) in [5, 5.41) is 16.5. The summed E-state index contributed by atoms with van der Waals surface area (Å²) in [6.07, 6.45) is 0. The van der Waals surface area contributed by atoms with Crippen LogP contribution in [0.5, 0.6) is 0 Å². The molecular weight excluding hydrogens is 338 g/mol. The molecule has 2 aromatic rings. The Bertz CT molecular complexity index is 451. The summed E-state index contributed by atoms with van der Waals surface area (Å²) in [6, 6.07) is 23.6. The molecule has 0 aliphatic rings. The smallest absolute Gasteiger partial charge is 0.262 e. The number of nitrogens with zero attached hydrogens (tertiary/aromatic N) is 2. The van der Waals surface area contributed by atoms with Crippen LogP contribution in [-0.4, -0.2) is 0 Å². The van der Waals surface area contributed by atoms with Crippen molar-refractivity contribution in [3.63, 3.8) is 0 Å². The molecule has 4 heteroatoms. The average molecular weight is 347 g/mol. The number of hydrogen-bond donors (Lipinski definition) is 0. The van der Waals surface area contributed by atoms with E-state index in [-0.39, 0.29) is 32.8 Å². The summed E-state index contributed by atoms with van der Waals surface area (Å²) in [4.78, 5) is 0. The molecule has 0 amide bonds. The van der Waals surface area contributed by atoms with Crippen molar-refractivity contribution in [3.05, 3.63) is 71.8 Å². The molecule has 0 atom stereocenters. The topological polar surface area (TPSA) is 47.6 Å². The van der Waals surface area contributed by atoms with E-state index in [0.717, 1.165) is 0 Å². The van der Waals surface area contributed by atoms with Crippen molar-refractivity contribution in [3.8, 4) is 12.1 Å². The van der Waals surface area contributed by atoms with E-state index in [9.17, 15) is 0 Å². The maximum Gasteiger partial charge on any atom is 2.00 e. The van der Waals surface area contributed by atoms with Crippen molar-refractivity contribution in [2.75, 3.05) is 0 Å². The van der Waals surface area contributed by atoms with Gasteiger partial charge >= 0.3 is 20.4 Å². The van der Waals surface area contributed by atoms with Crippen molar-refractivity contribution >= 4 is 12.4 Å². The summed E-state index contributed by atoms with van der Waals surface area (Å²) in [5.74, 6) is 0. The average Bonchev–Trinajstić information content (AvgIpc) is 2.41. The van der Waals surface area contributed by atoms with Crippen LogP contribution in [0.25, 0.3) is 0 Å². The number of rotatable bonds is 0. The van der Waals surface area contributed by atoms with E-state index in [0.29, 0.717) is 11.1 Å². The summed E-state index contributed by atoms with van der Waals surface area (Å²) < 4.78 is 0. The quantitative estimate of drug-likeness (QED) is 0.543. The van der Waals surface area contributed by atoms with Gasteiger partial charge in [-0.2, -0.15) is 0 Å². The molecule has 0 radical (unpaired) electrons. The van der Waals surface area contributed by atoms with Crippen molar-refractivity contribution in [2.45, 2.75) is 0 Å². The second kappa shape index (κ2) is 11.8. The van der Waals surface area contributed by atoms with E-state index in [2.05, 4.69) is 12.1 Å². The first-order valence-corrected chi connectivity index (χ1v) is 4.60. The molecule has 0 spiro atoms. The van der Waals surface area contributed by atoms with Gasteiger partial charge in [0.1, 0.15) is 0 Å². The van der Waals surface area contributed by atoms with Crippen LogP contribution in [0.4, 0.5) is 0 Å². The largest absolute Gasteiger partial charge is 2.00 e. The molecule has 0 aromatic heterocycles. The molecule has 0 saturated carbocycles. The SMILES string of the molecule is Cl.N#Cc1[c-]cccc1.N#Cc1[c-]cccc1.[Pd+2]. The van der Waals surface area contributed by atoms with Crippen molar-refractivity contribution in [1.29, 1.82) is 10.5 Å². The van der Waals surface area contributed by atoms with E-state index < -0.39 is 0 Å². The van der Waals surface area contributed by atoms with Crippen LogP contribution < -0.4 is 0 Å². The molecular formula is C14H9ClN2Pd. The van der Waals surface area contributed by atoms with Crippen LogP contribution in [0, 0.1) is 34.8 Å². The number of nitriles is 2. The van der Waals surface area contributed by atoms with E-state index in [1.165, 1.54) is 0 Å². The minimum absolute atomic E-state index is 0. The molecule has 2 aromatic carbocycles. The molecule has 2 rings (SSSR count). The van der Waals surface area contributed by atoms with Crippen molar-refractivity contribution < 1.29 is 20.4 Å². The first-order valence-electron chi connectivity index (χ1n) is 4.60. The molecule has 18 heavy (non-hydrogen) atoms. The zero-order chi connectivity index (χ0) is 11.6. The summed E-state index contributed by atoms with van der Waals surface area (Å²) in [5.41, 5.74) is 1.18. The van der Waals surface area contributed by atoms with Crippen molar-refractivity contribution in [1.82, 2.24) is 0 Å². The van der Waals surface area contributed by atoms with E-state index in [4.69, 9.17) is 10.5 Å². The Labute approximate surface area is 127 Å². The Morgan fingerprint density at radius 2 is 1.17 bits per heavy atom. The van der Waals surface area contributed by atoms with Crippen LogP contribution >= 0.6 is 12.4 Å². The molecule has 0 heterocycles. The van der Waals surface area contributed by atoms with Gasteiger partial charge in [-0.25, -0.2) is 0 Å². The zero-order valence-electron chi connectivity index (χ0n) is 9.24.